The second-order valence-electron chi connectivity index (χ2n) is 7.70. The Morgan fingerprint density at radius 2 is 1.71 bits per heavy atom. The normalized spacial score (nSPS) is 17.8. The minimum atomic E-state index is -4.28. The zero-order chi connectivity index (χ0) is 20.9. The van der Waals surface area contributed by atoms with Crippen molar-refractivity contribution < 1.29 is 33.0 Å². The quantitative estimate of drug-likeness (QED) is 0.625. The van der Waals surface area contributed by atoms with Crippen LogP contribution >= 0.6 is 0 Å². The molecule has 1 unspecified atom stereocenters. The number of carboxylic acids is 1. The Bertz CT molecular complexity index is 679. The molecule has 5 nitrogen and oxygen atoms in total. The van der Waals surface area contributed by atoms with Gasteiger partial charge in [-0.2, -0.15) is 8.78 Å². The summed E-state index contributed by atoms with van der Waals surface area (Å²) in [6.07, 6.45) is 4.13. The maximum absolute atomic E-state index is 13.8. The smallest absolute Gasteiger partial charge is 0.338 e. The molecule has 156 valence electrons. The van der Waals surface area contributed by atoms with Crippen LogP contribution in [0.25, 0.3) is 0 Å². The van der Waals surface area contributed by atoms with Crippen molar-refractivity contribution in [1.82, 2.24) is 0 Å². The van der Waals surface area contributed by atoms with Gasteiger partial charge in [-0.1, -0.05) is 27.2 Å². The summed E-state index contributed by atoms with van der Waals surface area (Å²) in [4.78, 5) is 22.9. The minimum Gasteiger partial charge on any atom is -0.544 e. The Hall–Kier alpha value is -2.18. The van der Waals surface area contributed by atoms with Gasteiger partial charge in [0.15, 0.2) is 6.10 Å². The van der Waals surface area contributed by atoms with Crippen LogP contribution < -0.4 is 9.84 Å². The molecule has 2 rings (SSSR count). The van der Waals surface area contributed by atoms with Crippen molar-refractivity contribution in [3.63, 3.8) is 0 Å². The standard InChI is InChI=1S/C21H28F2O5/c1-4-20(12-6-5-7-13-20)28-16-10-8-15(9-11-16)18(24)27-17(14(2)3)21(22,23)19(25)26/h8-11,14,17H,4-7,12-13H2,1-3H3,(H,25,26)/p-1. The van der Waals surface area contributed by atoms with E-state index >= 15 is 0 Å². The lowest BCUT2D eigenvalue weighted by molar-refractivity contribution is -0.337. The minimum absolute atomic E-state index is 0.0429. The van der Waals surface area contributed by atoms with E-state index in [4.69, 9.17) is 9.47 Å². The lowest BCUT2D eigenvalue weighted by atomic mass is 9.82. The lowest BCUT2D eigenvalue weighted by Crippen LogP contribution is -2.53. The maximum atomic E-state index is 13.8. The number of carboxylic acid groups (broad SMARTS) is 1. The van der Waals surface area contributed by atoms with Crippen molar-refractivity contribution in [2.75, 3.05) is 0 Å². The third kappa shape index (κ3) is 5.00. The van der Waals surface area contributed by atoms with Crippen LogP contribution in [0.3, 0.4) is 0 Å². The monoisotopic (exact) mass is 397 g/mol. The Morgan fingerprint density at radius 1 is 1.14 bits per heavy atom. The first-order valence-electron chi connectivity index (χ1n) is 9.70. The molecular weight excluding hydrogens is 370 g/mol. The topological polar surface area (TPSA) is 75.7 Å². The Labute approximate surface area is 164 Å². The third-order valence-corrected chi connectivity index (χ3v) is 5.30. The van der Waals surface area contributed by atoms with Crippen molar-refractivity contribution in [3.05, 3.63) is 29.8 Å². The van der Waals surface area contributed by atoms with Gasteiger partial charge in [0.25, 0.3) is 0 Å². The SMILES string of the molecule is CCC1(Oc2ccc(C(=O)OC(C(C)C)C(F)(F)C(=O)[O-])cc2)CCCCC1. The maximum Gasteiger partial charge on any atom is 0.338 e. The van der Waals surface area contributed by atoms with Gasteiger partial charge in [0, 0.05) is 0 Å². The highest BCUT2D eigenvalue weighted by Gasteiger charge is 2.46. The number of esters is 1. The molecule has 1 aromatic rings. The molecular formula is C21H27F2O5-. The Balaban J connectivity index is 2.09. The number of rotatable bonds is 8. The van der Waals surface area contributed by atoms with Gasteiger partial charge in [-0.25, -0.2) is 4.79 Å². The molecule has 7 heteroatoms. The van der Waals surface area contributed by atoms with Gasteiger partial charge in [-0.05, 0) is 62.3 Å². The van der Waals surface area contributed by atoms with E-state index in [0.717, 1.165) is 32.1 Å². The van der Waals surface area contributed by atoms with Gasteiger partial charge in [0.05, 0.1) is 5.56 Å². The van der Waals surface area contributed by atoms with Gasteiger partial charge >= 0.3 is 11.9 Å². The van der Waals surface area contributed by atoms with Crippen LogP contribution in [0.5, 0.6) is 5.75 Å². The summed E-state index contributed by atoms with van der Waals surface area (Å²) in [5.41, 5.74) is -0.166. The van der Waals surface area contributed by atoms with E-state index in [1.807, 2.05) is 0 Å². The molecule has 0 saturated heterocycles. The van der Waals surface area contributed by atoms with Crippen LogP contribution in [0.15, 0.2) is 24.3 Å². The van der Waals surface area contributed by atoms with E-state index in [-0.39, 0.29) is 11.2 Å². The number of benzene rings is 1. The predicted molar refractivity (Wildman–Crippen MR) is 97.2 cm³/mol. The summed E-state index contributed by atoms with van der Waals surface area (Å²) in [5, 5.41) is 10.7. The Kier molecular flexibility index (Phi) is 7.01. The van der Waals surface area contributed by atoms with E-state index < -0.39 is 29.9 Å². The lowest BCUT2D eigenvalue weighted by Gasteiger charge is -2.37. The summed E-state index contributed by atoms with van der Waals surface area (Å²) in [6.45, 7) is 4.78. The van der Waals surface area contributed by atoms with Gasteiger partial charge in [-0.3, -0.25) is 0 Å². The molecule has 1 aliphatic rings. The van der Waals surface area contributed by atoms with Crippen molar-refractivity contribution in [3.8, 4) is 5.75 Å². The van der Waals surface area contributed by atoms with Gasteiger partial charge in [0.2, 0.25) is 0 Å². The highest BCUT2D eigenvalue weighted by atomic mass is 19.3. The van der Waals surface area contributed by atoms with Crippen LogP contribution in [-0.4, -0.2) is 29.6 Å². The number of aliphatic carboxylic acids is 1. The van der Waals surface area contributed by atoms with E-state index in [1.54, 1.807) is 12.1 Å². The molecule has 0 radical (unpaired) electrons. The first-order valence-corrected chi connectivity index (χ1v) is 9.70. The second kappa shape index (κ2) is 8.88. The largest absolute Gasteiger partial charge is 0.544 e. The van der Waals surface area contributed by atoms with E-state index in [9.17, 15) is 23.5 Å². The van der Waals surface area contributed by atoms with Crippen molar-refractivity contribution in [2.45, 2.75) is 76.9 Å². The predicted octanol–water partition coefficient (Wildman–Crippen LogP) is 3.74. The molecule has 28 heavy (non-hydrogen) atoms. The fraction of sp³-hybridized carbons (Fsp3) is 0.619. The molecule has 0 aromatic heterocycles. The molecule has 1 saturated carbocycles. The van der Waals surface area contributed by atoms with Gasteiger partial charge in [-0.15, -0.1) is 0 Å². The van der Waals surface area contributed by atoms with Crippen molar-refractivity contribution in [2.24, 2.45) is 5.92 Å². The number of alkyl halides is 2. The summed E-state index contributed by atoms with van der Waals surface area (Å²) in [7, 11) is 0. The molecule has 0 spiro atoms. The first kappa shape index (κ1) is 22.1. The van der Waals surface area contributed by atoms with Crippen molar-refractivity contribution in [1.29, 1.82) is 0 Å². The fourth-order valence-corrected chi connectivity index (χ4v) is 3.56. The van der Waals surface area contributed by atoms with E-state index in [1.165, 1.54) is 32.4 Å². The molecule has 0 heterocycles. The molecule has 1 atom stereocenters. The third-order valence-electron chi connectivity index (χ3n) is 5.30. The number of halogens is 2. The number of carbonyl (C=O) groups excluding carboxylic acids is 2. The number of carbonyl (C=O) groups is 2. The van der Waals surface area contributed by atoms with Gasteiger partial charge in [0.1, 0.15) is 17.3 Å². The van der Waals surface area contributed by atoms with Gasteiger partial charge < -0.3 is 19.4 Å². The summed E-state index contributed by atoms with van der Waals surface area (Å²) in [5.74, 6) is -8.17. The van der Waals surface area contributed by atoms with Crippen LogP contribution in [0.4, 0.5) is 8.78 Å². The molecule has 0 aliphatic heterocycles. The number of ether oxygens (including phenoxy) is 2. The molecule has 0 N–H and O–H groups in total. The van der Waals surface area contributed by atoms with E-state index in [0.29, 0.717) is 5.75 Å². The highest BCUT2D eigenvalue weighted by molar-refractivity contribution is 5.90. The first-order chi connectivity index (χ1) is 13.1. The highest BCUT2D eigenvalue weighted by Crippen LogP contribution is 2.35. The zero-order valence-electron chi connectivity index (χ0n) is 16.5. The molecule has 1 fully saturated rings. The summed E-state index contributed by atoms with van der Waals surface area (Å²) in [6, 6.07) is 6.06. The van der Waals surface area contributed by atoms with Crippen LogP contribution in [0.2, 0.25) is 0 Å². The zero-order valence-corrected chi connectivity index (χ0v) is 16.5. The Morgan fingerprint density at radius 3 is 2.18 bits per heavy atom. The van der Waals surface area contributed by atoms with Crippen molar-refractivity contribution >= 4 is 11.9 Å². The number of hydrogen-bond donors (Lipinski definition) is 0. The van der Waals surface area contributed by atoms with E-state index in [2.05, 4.69) is 6.92 Å². The average Bonchev–Trinajstić information content (AvgIpc) is 2.66. The second-order valence-corrected chi connectivity index (χ2v) is 7.70. The fourth-order valence-electron chi connectivity index (χ4n) is 3.56. The van der Waals surface area contributed by atoms with Crippen LogP contribution in [0, 0.1) is 5.92 Å². The summed E-state index contributed by atoms with van der Waals surface area (Å²) >= 11 is 0. The molecule has 0 amide bonds. The van der Waals surface area contributed by atoms with Crippen LogP contribution in [0.1, 0.15) is 69.7 Å². The summed E-state index contributed by atoms with van der Waals surface area (Å²) < 4.78 is 38.5. The molecule has 1 aliphatic carbocycles. The van der Waals surface area contributed by atoms with Crippen LogP contribution in [-0.2, 0) is 9.53 Å². The molecule has 0 bridgehead atoms. The number of hydrogen-bond acceptors (Lipinski definition) is 5. The molecule has 1 aromatic carbocycles. The average molecular weight is 397 g/mol.